The van der Waals surface area contributed by atoms with Crippen molar-refractivity contribution in [2.75, 3.05) is 0 Å². The van der Waals surface area contributed by atoms with Crippen molar-refractivity contribution in [3.8, 4) is 5.75 Å². The van der Waals surface area contributed by atoms with Crippen LogP contribution in [0.1, 0.15) is 0 Å². The van der Waals surface area contributed by atoms with E-state index in [0.717, 1.165) is 0 Å². The van der Waals surface area contributed by atoms with E-state index in [0.29, 0.717) is 5.75 Å². The Morgan fingerprint density at radius 3 is 2.55 bits per heavy atom. The molecule has 0 aromatic heterocycles. The number of para-hydroxylation sites is 1. The summed E-state index contributed by atoms with van der Waals surface area (Å²) in [5.74, 6) is 0.512. The minimum absolute atomic E-state index is 0.512. The second kappa shape index (κ2) is 4.33. The lowest BCUT2D eigenvalue weighted by Gasteiger charge is -1.99. The Kier molecular flexibility index (Phi) is 3.35. The van der Waals surface area contributed by atoms with Gasteiger partial charge < -0.3 is 4.74 Å². The van der Waals surface area contributed by atoms with Crippen molar-refractivity contribution in [1.82, 2.24) is 0 Å². The van der Waals surface area contributed by atoms with Crippen molar-refractivity contribution in [1.29, 1.82) is 0 Å². The Bertz CT molecular complexity index is 246. The van der Waals surface area contributed by atoms with Gasteiger partial charge in [0.05, 0.1) is 0 Å². The summed E-state index contributed by atoms with van der Waals surface area (Å²) in [5, 5.41) is 0. The SMILES string of the molecule is F/C(=C/I)Oc1ccccc1. The summed E-state index contributed by atoms with van der Waals surface area (Å²) in [7, 11) is 0. The third kappa shape index (κ3) is 2.88. The monoisotopic (exact) mass is 264 g/mol. The summed E-state index contributed by atoms with van der Waals surface area (Å²) < 4.78 is 18.4. The Morgan fingerprint density at radius 1 is 1.36 bits per heavy atom. The first-order valence-electron chi connectivity index (χ1n) is 3.01. The van der Waals surface area contributed by atoms with Gasteiger partial charge in [0, 0.05) is 4.08 Å². The molecule has 1 aromatic rings. The zero-order valence-corrected chi connectivity index (χ0v) is 7.79. The van der Waals surface area contributed by atoms with E-state index in [2.05, 4.69) is 0 Å². The standard InChI is InChI=1S/C8H6FIO/c9-8(6-10)11-7-4-2-1-3-5-7/h1-6H/b8-6-. The van der Waals surface area contributed by atoms with E-state index in [1.54, 1.807) is 46.9 Å². The summed E-state index contributed by atoms with van der Waals surface area (Å²) in [4.78, 5) is 0. The highest BCUT2D eigenvalue weighted by molar-refractivity contribution is 14.1. The molecule has 0 fully saturated rings. The average Bonchev–Trinajstić information content (AvgIpc) is 2.06. The molecule has 0 spiro atoms. The largest absolute Gasteiger partial charge is 0.431 e. The topological polar surface area (TPSA) is 9.23 Å². The van der Waals surface area contributed by atoms with Gasteiger partial charge in [0.1, 0.15) is 5.75 Å². The van der Waals surface area contributed by atoms with Crippen LogP contribution in [0.2, 0.25) is 0 Å². The lowest BCUT2D eigenvalue weighted by molar-refractivity contribution is 0.304. The second-order valence-electron chi connectivity index (χ2n) is 1.83. The fourth-order valence-corrected chi connectivity index (χ4v) is 0.751. The smallest absolute Gasteiger partial charge is 0.284 e. The minimum Gasteiger partial charge on any atom is -0.431 e. The van der Waals surface area contributed by atoms with Crippen molar-refractivity contribution >= 4 is 22.6 Å². The number of halogens is 2. The highest BCUT2D eigenvalue weighted by Crippen LogP contribution is 2.13. The predicted octanol–water partition coefficient (Wildman–Crippen LogP) is 3.27. The average molecular weight is 264 g/mol. The Morgan fingerprint density at radius 2 is 2.00 bits per heavy atom. The molecule has 0 bridgehead atoms. The maximum atomic E-state index is 12.4. The predicted molar refractivity (Wildman–Crippen MR) is 50.3 cm³/mol. The first-order chi connectivity index (χ1) is 5.33. The Balaban J connectivity index is 2.65. The first-order valence-corrected chi connectivity index (χ1v) is 4.26. The Hall–Kier alpha value is -0.580. The molecule has 0 aliphatic carbocycles. The molecule has 0 saturated heterocycles. The summed E-state index contributed by atoms with van der Waals surface area (Å²) in [6, 6.07) is 8.22. The molecule has 0 amide bonds. The van der Waals surface area contributed by atoms with Gasteiger partial charge in [0.2, 0.25) is 0 Å². The highest BCUT2D eigenvalue weighted by atomic mass is 127. The van der Waals surface area contributed by atoms with Gasteiger partial charge in [0.15, 0.2) is 0 Å². The van der Waals surface area contributed by atoms with Crippen LogP contribution in [-0.2, 0) is 0 Å². The zero-order valence-electron chi connectivity index (χ0n) is 5.63. The third-order valence-corrected chi connectivity index (χ3v) is 1.53. The van der Waals surface area contributed by atoms with Crippen LogP contribution in [0, 0.1) is 0 Å². The van der Waals surface area contributed by atoms with Crippen molar-refractivity contribution in [3.05, 3.63) is 40.4 Å². The van der Waals surface area contributed by atoms with Crippen molar-refractivity contribution < 1.29 is 9.13 Å². The number of hydrogen-bond acceptors (Lipinski definition) is 1. The van der Waals surface area contributed by atoms with Gasteiger partial charge in [-0.2, -0.15) is 4.39 Å². The quantitative estimate of drug-likeness (QED) is 0.588. The number of rotatable bonds is 2. The van der Waals surface area contributed by atoms with E-state index >= 15 is 0 Å². The van der Waals surface area contributed by atoms with Gasteiger partial charge in [-0.1, -0.05) is 18.2 Å². The normalized spacial score (nSPS) is 11.3. The fraction of sp³-hybridized carbons (Fsp3) is 0. The van der Waals surface area contributed by atoms with E-state index in [-0.39, 0.29) is 0 Å². The van der Waals surface area contributed by atoms with Gasteiger partial charge in [-0.15, -0.1) is 0 Å². The van der Waals surface area contributed by atoms with E-state index in [1.165, 1.54) is 4.08 Å². The van der Waals surface area contributed by atoms with E-state index < -0.39 is 6.01 Å². The molecule has 0 aliphatic heterocycles. The molecule has 0 N–H and O–H groups in total. The molecular formula is C8H6FIO. The summed E-state index contributed by atoms with van der Waals surface area (Å²) >= 11 is 1.78. The lowest BCUT2D eigenvalue weighted by atomic mass is 10.3. The van der Waals surface area contributed by atoms with E-state index in [4.69, 9.17) is 4.74 Å². The van der Waals surface area contributed by atoms with Crippen LogP contribution in [0.3, 0.4) is 0 Å². The van der Waals surface area contributed by atoms with Crippen LogP contribution in [0.5, 0.6) is 5.75 Å². The third-order valence-electron chi connectivity index (χ3n) is 1.04. The van der Waals surface area contributed by atoms with Crippen molar-refractivity contribution in [2.45, 2.75) is 0 Å². The summed E-state index contributed by atoms with van der Waals surface area (Å²) in [6.45, 7) is 0. The minimum atomic E-state index is -0.586. The first kappa shape index (κ1) is 8.52. The number of ether oxygens (including phenoxy) is 1. The zero-order chi connectivity index (χ0) is 8.10. The second-order valence-corrected chi connectivity index (χ2v) is 2.45. The van der Waals surface area contributed by atoms with Gasteiger partial charge in [-0.05, 0) is 34.7 Å². The molecule has 1 aromatic carbocycles. The van der Waals surface area contributed by atoms with Crippen molar-refractivity contribution in [2.24, 2.45) is 0 Å². The van der Waals surface area contributed by atoms with Gasteiger partial charge >= 0.3 is 0 Å². The molecule has 3 heteroatoms. The molecule has 0 heterocycles. The summed E-state index contributed by atoms with van der Waals surface area (Å²) in [5.41, 5.74) is 0. The van der Waals surface area contributed by atoms with Crippen LogP contribution in [0.25, 0.3) is 0 Å². The van der Waals surface area contributed by atoms with Crippen LogP contribution in [0.15, 0.2) is 40.4 Å². The molecule has 1 nitrogen and oxygen atoms in total. The lowest BCUT2D eigenvalue weighted by Crippen LogP contribution is -1.86. The molecule has 58 valence electrons. The van der Waals surface area contributed by atoms with Gasteiger partial charge in [-0.25, -0.2) is 0 Å². The number of hydrogen-bond donors (Lipinski definition) is 0. The van der Waals surface area contributed by atoms with Crippen LogP contribution in [0.4, 0.5) is 4.39 Å². The van der Waals surface area contributed by atoms with Crippen molar-refractivity contribution in [3.63, 3.8) is 0 Å². The Labute approximate surface area is 78.0 Å². The van der Waals surface area contributed by atoms with Crippen LogP contribution in [-0.4, -0.2) is 0 Å². The molecule has 11 heavy (non-hydrogen) atoms. The molecule has 0 radical (unpaired) electrons. The molecule has 0 atom stereocenters. The van der Waals surface area contributed by atoms with Crippen LogP contribution >= 0.6 is 22.6 Å². The maximum Gasteiger partial charge on any atom is 0.284 e. The molecule has 1 rings (SSSR count). The van der Waals surface area contributed by atoms with E-state index in [1.807, 2.05) is 6.07 Å². The van der Waals surface area contributed by atoms with Gasteiger partial charge in [-0.3, -0.25) is 0 Å². The van der Waals surface area contributed by atoms with Gasteiger partial charge in [0.25, 0.3) is 6.01 Å². The van der Waals surface area contributed by atoms with Crippen LogP contribution < -0.4 is 4.74 Å². The van der Waals surface area contributed by atoms with E-state index in [9.17, 15) is 4.39 Å². The molecular weight excluding hydrogens is 258 g/mol. The number of benzene rings is 1. The molecule has 0 aliphatic rings. The molecule has 0 saturated carbocycles. The summed E-state index contributed by atoms with van der Waals surface area (Å²) in [6.07, 6.45) is 0. The maximum absolute atomic E-state index is 12.4. The highest BCUT2D eigenvalue weighted by Gasteiger charge is 1.94. The molecule has 0 unspecified atom stereocenters. The fourth-order valence-electron chi connectivity index (χ4n) is 0.623.